The van der Waals surface area contributed by atoms with E-state index in [0.29, 0.717) is 61.9 Å². The summed E-state index contributed by atoms with van der Waals surface area (Å²) >= 11 is 0. The average Bonchev–Trinajstić information content (AvgIpc) is 3.76. The largest absolute Gasteiger partial charge is 0.343 e. The van der Waals surface area contributed by atoms with Gasteiger partial charge in [0.15, 0.2) is 0 Å². The number of aryl methyl sites for hydroxylation is 1. The zero-order valence-electron chi connectivity index (χ0n) is 26.8. The van der Waals surface area contributed by atoms with Crippen LogP contribution in [0.15, 0.2) is 42.5 Å². The number of amides is 3. The average molecular weight is 601 g/mol. The number of imidazole rings is 1. The van der Waals surface area contributed by atoms with Crippen LogP contribution in [-0.4, -0.2) is 58.4 Å². The molecule has 1 atom stereocenters. The first-order valence-corrected chi connectivity index (χ1v) is 16.4. The number of aromatic nitrogens is 2. The van der Waals surface area contributed by atoms with Crippen LogP contribution in [-0.2, 0) is 22.7 Å². The van der Waals surface area contributed by atoms with Crippen LogP contribution in [0, 0.1) is 11.8 Å². The van der Waals surface area contributed by atoms with Crippen molar-refractivity contribution in [2.75, 3.05) is 30.4 Å². The van der Waals surface area contributed by atoms with Crippen molar-refractivity contribution in [3.05, 3.63) is 53.6 Å². The van der Waals surface area contributed by atoms with Crippen LogP contribution in [0.3, 0.4) is 0 Å². The molecule has 1 aliphatic carbocycles. The summed E-state index contributed by atoms with van der Waals surface area (Å²) in [6.07, 6.45) is 7.54. The molecule has 2 fully saturated rings. The standard InChI is InChI=1S/C35H48N6O3/c1-24(2)25(3)36-23-27-12-7-13-28(20-27)34(44)38-35-37-30-22-29(39(4)33(43)21-26-10-5-6-11-26)15-16-31(30)41(35)19-9-18-40-17-8-14-32(40)42/h7,12-13,15-16,20,22,24-26,36H,5-6,8-11,14,17-19,21,23H2,1-4H3,(H,37,38,44)/t25-/m0/s1. The Morgan fingerprint density at radius 3 is 2.57 bits per heavy atom. The minimum atomic E-state index is -0.223. The van der Waals surface area contributed by atoms with Gasteiger partial charge >= 0.3 is 0 Å². The molecule has 0 radical (unpaired) electrons. The molecule has 0 unspecified atom stereocenters. The summed E-state index contributed by atoms with van der Waals surface area (Å²) in [5.74, 6) is 1.57. The Labute approximate surface area is 261 Å². The topological polar surface area (TPSA) is 99.6 Å². The number of hydrogen-bond acceptors (Lipinski definition) is 5. The lowest BCUT2D eigenvalue weighted by Gasteiger charge is -2.19. The van der Waals surface area contributed by atoms with Gasteiger partial charge in [0.1, 0.15) is 0 Å². The molecule has 0 spiro atoms. The van der Waals surface area contributed by atoms with Gasteiger partial charge in [0.25, 0.3) is 5.91 Å². The van der Waals surface area contributed by atoms with Crippen LogP contribution in [0.1, 0.15) is 88.1 Å². The minimum absolute atomic E-state index is 0.122. The summed E-state index contributed by atoms with van der Waals surface area (Å²) in [6, 6.07) is 13.9. The van der Waals surface area contributed by atoms with E-state index in [2.05, 4.69) is 31.4 Å². The molecule has 2 heterocycles. The molecule has 1 aromatic heterocycles. The highest BCUT2D eigenvalue weighted by Crippen LogP contribution is 2.30. The van der Waals surface area contributed by atoms with E-state index >= 15 is 0 Å². The number of nitrogens with one attached hydrogen (secondary N) is 2. The first-order chi connectivity index (χ1) is 21.2. The monoisotopic (exact) mass is 600 g/mol. The Bertz CT molecular complexity index is 1470. The Kier molecular flexibility index (Phi) is 10.4. The van der Waals surface area contributed by atoms with Crippen molar-refractivity contribution in [2.45, 2.75) is 91.3 Å². The van der Waals surface area contributed by atoms with Crippen LogP contribution in [0.25, 0.3) is 11.0 Å². The van der Waals surface area contributed by atoms with Gasteiger partial charge in [-0.15, -0.1) is 0 Å². The molecule has 9 heteroatoms. The first kappa shape index (κ1) is 31.7. The molecular weight excluding hydrogens is 552 g/mol. The van der Waals surface area contributed by atoms with Gasteiger partial charge in [-0.05, 0) is 80.3 Å². The molecule has 2 aliphatic rings. The lowest BCUT2D eigenvalue weighted by atomic mass is 10.0. The number of anilines is 2. The van der Waals surface area contributed by atoms with E-state index in [1.54, 1.807) is 4.90 Å². The molecule has 3 amide bonds. The molecule has 2 aromatic carbocycles. The predicted octanol–water partition coefficient (Wildman–Crippen LogP) is 5.98. The molecule has 3 aromatic rings. The third kappa shape index (κ3) is 7.67. The molecule has 236 valence electrons. The van der Waals surface area contributed by atoms with Crippen molar-refractivity contribution >= 4 is 40.4 Å². The Morgan fingerprint density at radius 1 is 1.05 bits per heavy atom. The Morgan fingerprint density at radius 2 is 1.84 bits per heavy atom. The first-order valence-electron chi connectivity index (χ1n) is 16.4. The van der Waals surface area contributed by atoms with E-state index in [1.165, 1.54) is 12.8 Å². The highest BCUT2D eigenvalue weighted by Gasteiger charge is 2.23. The molecule has 0 bridgehead atoms. The fourth-order valence-corrected chi connectivity index (χ4v) is 6.26. The van der Waals surface area contributed by atoms with E-state index < -0.39 is 0 Å². The quantitative estimate of drug-likeness (QED) is 0.252. The van der Waals surface area contributed by atoms with Crippen LogP contribution >= 0.6 is 0 Å². The number of likely N-dealkylation sites (tertiary alicyclic amines) is 1. The van der Waals surface area contributed by atoms with Gasteiger partial charge in [-0.2, -0.15) is 0 Å². The zero-order chi connectivity index (χ0) is 31.2. The fourth-order valence-electron chi connectivity index (χ4n) is 6.26. The second-order valence-corrected chi connectivity index (χ2v) is 13.0. The second-order valence-electron chi connectivity index (χ2n) is 13.0. The molecule has 1 aliphatic heterocycles. The summed E-state index contributed by atoms with van der Waals surface area (Å²) in [5, 5.41) is 6.59. The van der Waals surface area contributed by atoms with Crippen LogP contribution in [0.2, 0.25) is 0 Å². The maximum Gasteiger partial charge on any atom is 0.257 e. The van der Waals surface area contributed by atoms with E-state index in [0.717, 1.165) is 54.5 Å². The number of rotatable bonds is 13. The van der Waals surface area contributed by atoms with Gasteiger partial charge in [0, 0.05) is 63.4 Å². The Balaban J connectivity index is 1.35. The third-order valence-corrected chi connectivity index (χ3v) is 9.46. The zero-order valence-corrected chi connectivity index (χ0v) is 26.8. The van der Waals surface area contributed by atoms with Crippen LogP contribution in [0.4, 0.5) is 11.6 Å². The number of fused-ring (bicyclic) bond motifs is 1. The fraction of sp³-hybridized carbons (Fsp3) is 0.543. The summed E-state index contributed by atoms with van der Waals surface area (Å²) in [4.78, 5) is 47.2. The van der Waals surface area contributed by atoms with E-state index in [1.807, 2.05) is 59.0 Å². The molecule has 44 heavy (non-hydrogen) atoms. The van der Waals surface area contributed by atoms with Gasteiger partial charge in [-0.3, -0.25) is 19.7 Å². The van der Waals surface area contributed by atoms with Gasteiger partial charge in [-0.25, -0.2) is 4.98 Å². The number of carbonyl (C=O) groups is 3. The lowest BCUT2D eigenvalue weighted by Crippen LogP contribution is -2.30. The highest BCUT2D eigenvalue weighted by atomic mass is 16.2. The van der Waals surface area contributed by atoms with Gasteiger partial charge in [0.05, 0.1) is 11.0 Å². The third-order valence-electron chi connectivity index (χ3n) is 9.46. The van der Waals surface area contributed by atoms with Crippen molar-refractivity contribution in [1.29, 1.82) is 0 Å². The molecular formula is C35H48N6O3. The summed E-state index contributed by atoms with van der Waals surface area (Å²) in [5.41, 5.74) is 4.01. The number of nitrogens with zero attached hydrogens (tertiary/aromatic N) is 4. The second kappa shape index (κ2) is 14.4. The van der Waals surface area contributed by atoms with Crippen molar-refractivity contribution in [2.24, 2.45) is 11.8 Å². The smallest absolute Gasteiger partial charge is 0.257 e. The van der Waals surface area contributed by atoms with Crippen LogP contribution in [0.5, 0.6) is 0 Å². The van der Waals surface area contributed by atoms with Crippen LogP contribution < -0.4 is 15.5 Å². The highest BCUT2D eigenvalue weighted by molar-refractivity contribution is 6.04. The molecule has 2 N–H and O–H groups in total. The maximum atomic E-state index is 13.5. The molecule has 1 saturated heterocycles. The summed E-state index contributed by atoms with van der Waals surface area (Å²) in [6.45, 7) is 9.30. The number of carbonyl (C=O) groups excluding carboxylic acids is 3. The number of hydrogen-bond donors (Lipinski definition) is 2. The van der Waals surface area contributed by atoms with Gasteiger partial charge < -0.3 is 19.7 Å². The van der Waals surface area contributed by atoms with Gasteiger partial charge in [0.2, 0.25) is 17.8 Å². The van der Waals surface area contributed by atoms with Crippen molar-refractivity contribution in [1.82, 2.24) is 19.8 Å². The summed E-state index contributed by atoms with van der Waals surface area (Å²) < 4.78 is 2.02. The van der Waals surface area contributed by atoms with Crippen molar-refractivity contribution in [3.8, 4) is 0 Å². The molecule has 9 nitrogen and oxygen atoms in total. The maximum absolute atomic E-state index is 13.5. The Hall–Kier alpha value is -3.72. The van der Waals surface area contributed by atoms with Crippen molar-refractivity contribution < 1.29 is 14.4 Å². The van der Waals surface area contributed by atoms with E-state index in [-0.39, 0.29) is 17.7 Å². The SMILES string of the molecule is CC(C)[C@H](C)NCc1cccc(C(=O)Nc2nc3cc(N(C)C(=O)CC4CCCC4)ccc3n2CCCN2CCCC2=O)c1. The lowest BCUT2D eigenvalue weighted by molar-refractivity contribution is -0.127. The van der Waals surface area contributed by atoms with Gasteiger partial charge in [-0.1, -0.05) is 38.8 Å². The van der Waals surface area contributed by atoms with E-state index in [4.69, 9.17) is 4.98 Å². The normalized spacial score (nSPS) is 16.3. The summed E-state index contributed by atoms with van der Waals surface area (Å²) in [7, 11) is 1.83. The predicted molar refractivity (Wildman–Crippen MR) is 176 cm³/mol. The van der Waals surface area contributed by atoms with E-state index in [9.17, 15) is 14.4 Å². The molecule has 5 rings (SSSR count). The van der Waals surface area contributed by atoms with Crippen molar-refractivity contribution in [3.63, 3.8) is 0 Å². The minimum Gasteiger partial charge on any atom is -0.343 e. The number of benzene rings is 2. The molecule has 1 saturated carbocycles.